The summed E-state index contributed by atoms with van der Waals surface area (Å²) < 4.78 is 36.2. The monoisotopic (exact) mass is 494 g/mol. The highest BCUT2D eigenvalue weighted by molar-refractivity contribution is 7.89. The molecule has 10 heteroatoms. The molecule has 1 saturated heterocycles. The lowest BCUT2D eigenvalue weighted by atomic mass is 9.97. The van der Waals surface area contributed by atoms with E-state index < -0.39 is 10.0 Å². The molecule has 178 valence electrons. The summed E-state index contributed by atoms with van der Waals surface area (Å²) in [6.45, 7) is 1.08. The lowest BCUT2D eigenvalue weighted by Crippen LogP contribution is -2.43. The molecule has 0 radical (unpaired) electrons. The highest BCUT2D eigenvalue weighted by Gasteiger charge is 2.30. The number of carbonyl (C=O) groups excluding carboxylic acids is 2. The predicted octanol–water partition coefficient (Wildman–Crippen LogP) is 3.06. The van der Waals surface area contributed by atoms with E-state index in [0.717, 1.165) is 10.7 Å². The first kappa shape index (κ1) is 25.0. The molecule has 2 aromatic carbocycles. The predicted molar refractivity (Wildman–Crippen MR) is 124 cm³/mol. The van der Waals surface area contributed by atoms with Crippen molar-refractivity contribution in [1.82, 2.24) is 9.21 Å². The summed E-state index contributed by atoms with van der Waals surface area (Å²) in [4.78, 5) is 27.0. The first-order valence-electron chi connectivity index (χ1n) is 10.6. The van der Waals surface area contributed by atoms with Gasteiger partial charge in [-0.05, 0) is 61.4 Å². The fourth-order valence-electron chi connectivity index (χ4n) is 3.47. The minimum Gasteiger partial charge on any atom is -0.490 e. The van der Waals surface area contributed by atoms with Gasteiger partial charge in [-0.25, -0.2) is 12.7 Å². The van der Waals surface area contributed by atoms with E-state index in [1.807, 2.05) is 0 Å². The topological polar surface area (TPSA) is 93.2 Å². The maximum absolute atomic E-state index is 12.7. The van der Waals surface area contributed by atoms with E-state index in [-0.39, 0.29) is 35.9 Å². The van der Waals surface area contributed by atoms with Gasteiger partial charge in [0.05, 0.1) is 10.8 Å². The van der Waals surface area contributed by atoms with Crippen molar-refractivity contribution in [3.8, 4) is 5.75 Å². The molecule has 0 unspecified atom stereocenters. The number of sulfonamides is 1. The zero-order chi connectivity index (χ0) is 24.0. The normalized spacial score (nSPS) is 16.5. The fourth-order valence-corrected chi connectivity index (χ4v) is 4.49. The third kappa shape index (κ3) is 6.46. The second-order valence-corrected chi connectivity index (χ2v) is 10.5. The van der Waals surface area contributed by atoms with Crippen LogP contribution in [-0.4, -0.2) is 69.9 Å². The van der Waals surface area contributed by atoms with Gasteiger partial charge < -0.3 is 14.4 Å². The number of hydrogen-bond donors (Lipinski definition) is 0. The maximum Gasteiger partial charge on any atom is 0.310 e. The molecule has 8 nitrogen and oxygen atoms in total. The molecule has 0 spiro atoms. The van der Waals surface area contributed by atoms with E-state index in [1.165, 1.54) is 26.2 Å². The van der Waals surface area contributed by atoms with Gasteiger partial charge in [0.2, 0.25) is 10.0 Å². The molecule has 3 rings (SSSR count). The van der Waals surface area contributed by atoms with E-state index in [1.54, 1.807) is 41.3 Å². The number of likely N-dealkylation sites (tertiary alicyclic amines) is 1. The largest absolute Gasteiger partial charge is 0.490 e. The van der Waals surface area contributed by atoms with Crippen LogP contribution in [0.5, 0.6) is 5.75 Å². The Bertz CT molecular complexity index is 1070. The van der Waals surface area contributed by atoms with Crippen molar-refractivity contribution in [1.29, 1.82) is 0 Å². The van der Waals surface area contributed by atoms with Crippen LogP contribution in [0.25, 0.3) is 0 Å². The van der Waals surface area contributed by atoms with Gasteiger partial charge in [0.25, 0.3) is 5.91 Å². The highest BCUT2D eigenvalue weighted by atomic mass is 35.5. The number of halogens is 1. The number of benzene rings is 2. The maximum atomic E-state index is 12.7. The summed E-state index contributed by atoms with van der Waals surface area (Å²) in [5, 5.41) is 0.559. The molecule has 33 heavy (non-hydrogen) atoms. The molecule has 1 amide bonds. The van der Waals surface area contributed by atoms with Gasteiger partial charge in [0, 0.05) is 37.8 Å². The molecule has 0 aromatic heterocycles. The Labute approximate surface area is 199 Å². The SMILES string of the molecule is CN(C)S(=O)(=O)c1ccc(OCCOC(=O)[C@H]2CCCN(C(=O)c3ccc(Cl)cc3)C2)cc1. The van der Waals surface area contributed by atoms with Crippen molar-refractivity contribution >= 4 is 33.5 Å². The molecule has 0 N–H and O–H groups in total. The highest BCUT2D eigenvalue weighted by Crippen LogP contribution is 2.21. The van der Waals surface area contributed by atoms with Crippen LogP contribution in [0.4, 0.5) is 0 Å². The summed E-state index contributed by atoms with van der Waals surface area (Å²) in [5.41, 5.74) is 0.534. The number of carbonyl (C=O) groups is 2. The van der Waals surface area contributed by atoms with Crippen molar-refractivity contribution in [3.05, 3.63) is 59.1 Å². The van der Waals surface area contributed by atoms with Crippen molar-refractivity contribution in [3.63, 3.8) is 0 Å². The molecule has 1 aliphatic rings. The van der Waals surface area contributed by atoms with Crippen molar-refractivity contribution in [2.45, 2.75) is 17.7 Å². The molecule has 2 aromatic rings. The van der Waals surface area contributed by atoms with Gasteiger partial charge in [-0.15, -0.1) is 0 Å². The summed E-state index contributed by atoms with van der Waals surface area (Å²) in [6, 6.07) is 12.7. The summed E-state index contributed by atoms with van der Waals surface area (Å²) >= 11 is 5.88. The van der Waals surface area contributed by atoms with Gasteiger partial charge in [-0.2, -0.15) is 0 Å². The molecule has 1 heterocycles. The zero-order valence-corrected chi connectivity index (χ0v) is 20.1. The Morgan fingerprint density at radius 1 is 1.06 bits per heavy atom. The number of rotatable bonds is 8. The Morgan fingerprint density at radius 2 is 1.73 bits per heavy atom. The van der Waals surface area contributed by atoms with Crippen LogP contribution in [0.2, 0.25) is 5.02 Å². The first-order valence-corrected chi connectivity index (χ1v) is 12.4. The van der Waals surface area contributed by atoms with Crippen LogP contribution < -0.4 is 4.74 Å². The van der Waals surface area contributed by atoms with Gasteiger partial charge in [0.1, 0.15) is 19.0 Å². The van der Waals surface area contributed by atoms with Crippen molar-refractivity contribution in [2.24, 2.45) is 5.92 Å². The lowest BCUT2D eigenvalue weighted by Gasteiger charge is -2.31. The molecule has 0 bridgehead atoms. The van der Waals surface area contributed by atoms with Crippen LogP contribution in [-0.2, 0) is 19.6 Å². The molecule has 0 aliphatic carbocycles. The van der Waals surface area contributed by atoms with E-state index in [4.69, 9.17) is 21.1 Å². The van der Waals surface area contributed by atoms with Crippen molar-refractivity contribution < 1.29 is 27.5 Å². The van der Waals surface area contributed by atoms with E-state index >= 15 is 0 Å². The van der Waals surface area contributed by atoms with Crippen molar-refractivity contribution in [2.75, 3.05) is 40.4 Å². The second-order valence-electron chi connectivity index (χ2n) is 7.87. The number of nitrogens with zero attached hydrogens (tertiary/aromatic N) is 2. The van der Waals surface area contributed by atoms with E-state index in [2.05, 4.69) is 0 Å². The molecule has 1 fully saturated rings. The van der Waals surface area contributed by atoms with Gasteiger partial charge in [-0.3, -0.25) is 9.59 Å². The fraction of sp³-hybridized carbons (Fsp3) is 0.391. The molecular formula is C23H27ClN2O6S. The van der Waals surface area contributed by atoms with Gasteiger partial charge >= 0.3 is 5.97 Å². The van der Waals surface area contributed by atoms with E-state index in [0.29, 0.717) is 35.8 Å². The molecule has 1 aliphatic heterocycles. The van der Waals surface area contributed by atoms with Gasteiger partial charge in [0.15, 0.2) is 0 Å². The average molecular weight is 495 g/mol. The van der Waals surface area contributed by atoms with Crippen LogP contribution in [0, 0.1) is 5.92 Å². The summed E-state index contributed by atoms with van der Waals surface area (Å²) in [5.74, 6) is -0.404. The quantitative estimate of drug-likeness (QED) is 0.413. The smallest absolute Gasteiger partial charge is 0.310 e. The van der Waals surface area contributed by atoms with Crippen LogP contribution in [0.3, 0.4) is 0 Å². The Balaban J connectivity index is 1.45. The second kappa shape index (κ2) is 11.0. The molecule has 1 atom stereocenters. The average Bonchev–Trinajstić information content (AvgIpc) is 2.82. The van der Waals surface area contributed by atoms with Crippen LogP contribution >= 0.6 is 11.6 Å². The summed E-state index contributed by atoms with van der Waals surface area (Å²) in [6.07, 6.45) is 1.38. The number of ether oxygens (including phenoxy) is 2. The number of esters is 1. The molecular weight excluding hydrogens is 468 g/mol. The Morgan fingerprint density at radius 3 is 2.36 bits per heavy atom. The third-order valence-electron chi connectivity index (χ3n) is 5.33. The Hall–Kier alpha value is -2.62. The number of hydrogen-bond acceptors (Lipinski definition) is 6. The minimum atomic E-state index is -3.50. The summed E-state index contributed by atoms with van der Waals surface area (Å²) in [7, 11) is -0.567. The van der Waals surface area contributed by atoms with E-state index in [9.17, 15) is 18.0 Å². The number of piperidine rings is 1. The van der Waals surface area contributed by atoms with Crippen LogP contribution in [0.15, 0.2) is 53.4 Å². The Kier molecular flexibility index (Phi) is 8.34. The number of amides is 1. The third-order valence-corrected chi connectivity index (χ3v) is 7.41. The standard InChI is InChI=1S/C23H27ClN2O6S/c1-25(2)33(29,30)21-11-9-20(10-12-21)31-14-15-32-23(28)18-4-3-13-26(16-18)22(27)17-5-7-19(24)8-6-17/h5-12,18H,3-4,13-16H2,1-2H3/t18-/m0/s1. The van der Waals surface area contributed by atoms with Crippen LogP contribution in [0.1, 0.15) is 23.2 Å². The molecule has 0 saturated carbocycles. The minimum absolute atomic E-state index is 0.0538. The first-order chi connectivity index (χ1) is 15.7. The van der Waals surface area contributed by atoms with Gasteiger partial charge in [-0.1, -0.05) is 11.6 Å². The zero-order valence-electron chi connectivity index (χ0n) is 18.6. The lowest BCUT2D eigenvalue weighted by molar-refractivity contribution is -0.150.